The van der Waals surface area contributed by atoms with Crippen LogP contribution in [0, 0.1) is 0 Å². The van der Waals surface area contributed by atoms with E-state index >= 15 is 0 Å². The first kappa shape index (κ1) is 32.4. The van der Waals surface area contributed by atoms with Crippen LogP contribution in [0.25, 0.3) is 0 Å². The van der Waals surface area contributed by atoms with Crippen molar-refractivity contribution in [1.29, 1.82) is 0 Å². The molecular weight excluding hydrogens is 583 g/mol. The van der Waals surface area contributed by atoms with E-state index in [0.29, 0.717) is 27.7 Å². The van der Waals surface area contributed by atoms with Crippen molar-refractivity contribution < 1.29 is 18.0 Å². The monoisotopic (exact) mass is 618 g/mol. The van der Waals surface area contributed by atoms with Crippen molar-refractivity contribution in [1.82, 2.24) is 14.5 Å². The Balaban J connectivity index is 2.13. The molecule has 2 atom stereocenters. The van der Waals surface area contributed by atoms with Gasteiger partial charge in [0.15, 0.2) is 0 Å². The van der Waals surface area contributed by atoms with E-state index in [0.717, 1.165) is 14.2 Å². The summed E-state index contributed by atoms with van der Waals surface area (Å²) in [4.78, 5) is 29.4. The lowest BCUT2D eigenvalue weighted by Gasteiger charge is -2.35. The SMILES string of the molecule is CC[C@@H](C)NC(=O)[C@H](Cc1ccccc1)N(Cc1c(Cl)cccc1Cl)C(=O)CN(c1ccccc1)S(=O)(=O)N(C)C. The van der Waals surface area contributed by atoms with E-state index in [-0.39, 0.29) is 24.9 Å². The van der Waals surface area contributed by atoms with E-state index in [4.69, 9.17) is 23.2 Å². The third kappa shape index (κ3) is 8.45. The molecule has 0 saturated heterocycles. The average Bonchev–Trinajstić information content (AvgIpc) is 2.95. The Morgan fingerprint density at radius 3 is 1.98 bits per heavy atom. The van der Waals surface area contributed by atoms with Crippen LogP contribution in [-0.4, -0.2) is 62.2 Å². The number of carbonyl (C=O) groups is 2. The van der Waals surface area contributed by atoms with Crippen molar-refractivity contribution in [3.8, 4) is 0 Å². The summed E-state index contributed by atoms with van der Waals surface area (Å²) >= 11 is 13.0. The number of carbonyl (C=O) groups excluding carboxylic acids is 2. The average molecular weight is 620 g/mol. The van der Waals surface area contributed by atoms with Crippen LogP contribution in [0.3, 0.4) is 0 Å². The number of nitrogens with zero attached hydrogens (tertiary/aromatic N) is 3. The molecule has 11 heteroatoms. The molecule has 2 amide bonds. The van der Waals surface area contributed by atoms with Gasteiger partial charge in [0, 0.05) is 48.7 Å². The van der Waals surface area contributed by atoms with Crippen LogP contribution < -0.4 is 9.62 Å². The van der Waals surface area contributed by atoms with Crippen LogP contribution in [0.15, 0.2) is 78.9 Å². The summed E-state index contributed by atoms with van der Waals surface area (Å²) < 4.78 is 28.9. The first-order valence-electron chi connectivity index (χ1n) is 13.3. The summed E-state index contributed by atoms with van der Waals surface area (Å²) in [6.45, 7) is 3.19. The summed E-state index contributed by atoms with van der Waals surface area (Å²) in [6, 6.07) is 21.6. The highest BCUT2D eigenvalue weighted by molar-refractivity contribution is 7.90. The molecule has 0 aliphatic heterocycles. The molecule has 3 aromatic rings. The second-order valence-electron chi connectivity index (χ2n) is 9.88. The topological polar surface area (TPSA) is 90.0 Å². The summed E-state index contributed by atoms with van der Waals surface area (Å²) in [5, 5.41) is 3.66. The standard InChI is InChI=1S/C30H36Cl2N4O4S/c1-5-22(2)33-30(38)28(19-23-13-8-6-9-14-23)35(20-25-26(31)17-12-18-27(25)32)29(37)21-36(41(39,40)34(3)4)24-15-10-7-11-16-24/h6-18,22,28H,5,19-21H2,1-4H3,(H,33,38)/t22-,28+/m1/s1. The zero-order chi connectivity index (χ0) is 30.2. The molecule has 220 valence electrons. The fourth-order valence-electron chi connectivity index (χ4n) is 4.16. The second kappa shape index (κ2) is 14.7. The van der Waals surface area contributed by atoms with Gasteiger partial charge in [0.25, 0.3) is 0 Å². The first-order chi connectivity index (χ1) is 19.4. The summed E-state index contributed by atoms with van der Waals surface area (Å²) in [5.41, 5.74) is 1.61. The van der Waals surface area contributed by atoms with Gasteiger partial charge in [-0.3, -0.25) is 9.59 Å². The van der Waals surface area contributed by atoms with Gasteiger partial charge in [0.05, 0.1) is 5.69 Å². The van der Waals surface area contributed by atoms with Crippen LogP contribution in [0.1, 0.15) is 31.4 Å². The Morgan fingerprint density at radius 1 is 0.878 bits per heavy atom. The maximum atomic E-state index is 14.2. The molecular formula is C30H36Cl2N4O4S. The summed E-state index contributed by atoms with van der Waals surface area (Å²) in [5.74, 6) is -0.947. The quantitative estimate of drug-likeness (QED) is 0.286. The van der Waals surface area contributed by atoms with Gasteiger partial charge in [-0.2, -0.15) is 12.7 Å². The van der Waals surface area contributed by atoms with Crippen molar-refractivity contribution >= 4 is 50.9 Å². The predicted octanol–water partition coefficient (Wildman–Crippen LogP) is 5.16. The van der Waals surface area contributed by atoms with Crippen molar-refractivity contribution in [2.75, 3.05) is 24.9 Å². The van der Waals surface area contributed by atoms with Crippen LogP contribution in [-0.2, 0) is 32.8 Å². The molecule has 1 N–H and O–H groups in total. The maximum absolute atomic E-state index is 14.2. The lowest BCUT2D eigenvalue weighted by atomic mass is 10.0. The number of halogens is 2. The van der Waals surface area contributed by atoms with E-state index in [9.17, 15) is 18.0 Å². The van der Waals surface area contributed by atoms with Gasteiger partial charge in [-0.15, -0.1) is 0 Å². The van der Waals surface area contributed by atoms with Gasteiger partial charge in [-0.1, -0.05) is 84.7 Å². The molecule has 0 fully saturated rings. The van der Waals surface area contributed by atoms with E-state index in [2.05, 4.69) is 5.32 Å². The van der Waals surface area contributed by atoms with Gasteiger partial charge >= 0.3 is 10.2 Å². The number of amides is 2. The number of hydrogen-bond donors (Lipinski definition) is 1. The zero-order valence-electron chi connectivity index (χ0n) is 23.6. The Hall–Kier alpha value is -3.11. The molecule has 0 unspecified atom stereocenters. The summed E-state index contributed by atoms with van der Waals surface area (Å²) in [6.07, 6.45) is 0.889. The molecule has 0 aliphatic rings. The third-order valence-corrected chi connectivity index (χ3v) is 9.25. The molecule has 0 aliphatic carbocycles. The Morgan fingerprint density at radius 2 is 1.44 bits per heavy atom. The highest BCUT2D eigenvalue weighted by atomic mass is 35.5. The molecule has 41 heavy (non-hydrogen) atoms. The number of anilines is 1. The lowest BCUT2D eigenvalue weighted by Crippen LogP contribution is -2.55. The molecule has 0 aromatic heterocycles. The molecule has 0 saturated carbocycles. The Bertz CT molecular complexity index is 1400. The zero-order valence-corrected chi connectivity index (χ0v) is 26.0. The highest BCUT2D eigenvalue weighted by Crippen LogP contribution is 2.28. The molecule has 0 heterocycles. The largest absolute Gasteiger partial charge is 0.352 e. The van der Waals surface area contributed by atoms with Gasteiger partial charge < -0.3 is 10.2 Å². The van der Waals surface area contributed by atoms with Gasteiger partial charge in [0.2, 0.25) is 11.8 Å². The fourth-order valence-corrected chi connectivity index (χ4v) is 5.73. The van der Waals surface area contributed by atoms with E-state index in [1.807, 2.05) is 44.2 Å². The lowest BCUT2D eigenvalue weighted by molar-refractivity contribution is -0.140. The van der Waals surface area contributed by atoms with E-state index < -0.39 is 28.7 Å². The van der Waals surface area contributed by atoms with Crippen molar-refractivity contribution in [2.45, 2.75) is 45.3 Å². The highest BCUT2D eigenvalue weighted by Gasteiger charge is 2.35. The van der Waals surface area contributed by atoms with Crippen molar-refractivity contribution in [2.24, 2.45) is 0 Å². The number of para-hydroxylation sites is 1. The maximum Gasteiger partial charge on any atom is 0.304 e. The molecule has 3 rings (SSSR count). The number of nitrogens with one attached hydrogen (secondary N) is 1. The van der Waals surface area contributed by atoms with Gasteiger partial charge in [0.1, 0.15) is 12.6 Å². The predicted molar refractivity (Wildman–Crippen MR) is 165 cm³/mol. The minimum atomic E-state index is -4.07. The number of rotatable bonds is 13. The second-order valence-corrected chi connectivity index (χ2v) is 12.8. The summed E-state index contributed by atoms with van der Waals surface area (Å²) in [7, 11) is -1.28. The first-order valence-corrected chi connectivity index (χ1v) is 15.4. The van der Waals surface area contributed by atoms with Crippen LogP contribution in [0.5, 0.6) is 0 Å². The normalized spacial score (nSPS) is 13.0. The van der Waals surface area contributed by atoms with Crippen LogP contribution in [0.2, 0.25) is 10.0 Å². The van der Waals surface area contributed by atoms with Gasteiger partial charge in [-0.25, -0.2) is 4.31 Å². The fraction of sp³-hybridized carbons (Fsp3) is 0.333. The minimum Gasteiger partial charge on any atom is -0.352 e. The molecule has 8 nitrogen and oxygen atoms in total. The van der Waals surface area contributed by atoms with Gasteiger partial charge in [-0.05, 0) is 43.2 Å². The molecule has 0 radical (unpaired) electrons. The molecule has 0 spiro atoms. The van der Waals surface area contributed by atoms with Crippen molar-refractivity contribution in [3.05, 3.63) is 100 Å². The van der Waals surface area contributed by atoms with Crippen molar-refractivity contribution in [3.63, 3.8) is 0 Å². The molecule has 0 bridgehead atoms. The minimum absolute atomic E-state index is 0.104. The van der Waals surface area contributed by atoms with E-state index in [1.54, 1.807) is 48.5 Å². The number of hydrogen-bond acceptors (Lipinski definition) is 4. The van der Waals surface area contributed by atoms with E-state index in [1.165, 1.54) is 19.0 Å². The smallest absolute Gasteiger partial charge is 0.304 e. The Kier molecular flexibility index (Phi) is 11.6. The third-order valence-electron chi connectivity index (χ3n) is 6.73. The molecule has 3 aromatic carbocycles. The van der Waals surface area contributed by atoms with Crippen LogP contribution in [0.4, 0.5) is 5.69 Å². The number of benzene rings is 3. The Labute approximate surface area is 253 Å². The van der Waals surface area contributed by atoms with Crippen LogP contribution >= 0.6 is 23.2 Å².